The monoisotopic (exact) mass is 470 g/mol. The molecule has 0 unspecified atom stereocenters. The molecule has 0 spiro atoms. The fourth-order valence-corrected chi connectivity index (χ4v) is 5.97. The van der Waals surface area contributed by atoms with Crippen LogP contribution in [0.3, 0.4) is 0 Å². The number of carbonyl (C=O) groups excluding carboxylic acids is 2. The molecule has 7 nitrogen and oxygen atoms in total. The van der Waals surface area contributed by atoms with Gasteiger partial charge in [-0.25, -0.2) is 8.42 Å². The molecular formula is C22H31ClN2O5S. The van der Waals surface area contributed by atoms with Crippen molar-refractivity contribution in [1.29, 1.82) is 0 Å². The zero-order valence-corrected chi connectivity index (χ0v) is 19.6. The van der Waals surface area contributed by atoms with Crippen LogP contribution in [0.25, 0.3) is 0 Å². The van der Waals surface area contributed by atoms with Crippen LogP contribution < -0.4 is 5.32 Å². The van der Waals surface area contributed by atoms with E-state index in [1.54, 1.807) is 12.1 Å². The number of nitrogens with zero attached hydrogens (tertiary/aromatic N) is 1. The molecule has 3 atom stereocenters. The van der Waals surface area contributed by atoms with Gasteiger partial charge in [-0.05, 0) is 55.4 Å². The van der Waals surface area contributed by atoms with Crippen molar-refractivity contribution < 1.29 is 22.7 Å². The number of hydrogen-bond acceptors (Lipinski definition) is 5. The molecule has 9 heteroatoms. The van der Waals surface area contributed by atoms with Gasteiger partial charge < -0.3 is 10.1 Å². The highest BCUT2D eigenvalue weighted by Crippen LogP contribution is 2.29. The molecule has 1 saturated heterocycles. The first kappa shape index (κ1) is 24.0. The van der Waals surface area contributed by atoms with E-state index in [0.29, 0.717) is 29.7 Å². The summed E-state index contributed by atoms with van der Waals surface area (Å²) < 4.78 is 32.1. The van der Waals surface area contributed by atoms with E-state index in [0.717, 1.165) is 12.8 Å². The van der Waals surface area contributed by atoms with Gasteiger partial charge in [-0.1, -0.05) is 38.3 Å². The highest BCUT2D eigenvalue weighted by molar-refractivity contribution is 7.89. The lowest BCUT2D eigenvalue weighted by atomic mass is 9.78. The molecule has 3 rings (SSSR count). The van der Waals surface area contributed by atoms with Crippen LogP contribution in [0.1, 0.15) is 46.0 Å². The molecule has 1 heterocycles. The number of ether oxygens (including phenoxy) is 1. The van der Waals surface area contributed by atoms with E-state index in [4.69, 9.17) is 16.3 Å². The third kappa shape index (κ3) is 5.99. The Morgan fingerprint density at radius 2 is 1.74 bits per heavy atom. The van der Waals surface area contributed by atoms with Gasteiger partial charge in [0.05, 0.1) is 10.8 Å². The fourth-order valence-electron chi connectivity index (χ4n) is 4.38. The highest BCUT2D eigenvalue weighted by Gasteiger charge is 2.33. The van der Waals surface area contributed by atoms with Crippen molar-refractivity contribution in [2.75, 3.05) is 19.7 Å². The van der Waals surface area contributed by atoms with Crippen molar-refractivity contribution in [2.45, 2.75) is 56.9 Å². The van der Waals surface area contributed by atoms with Crippen molar-refractivity contribution in [3.05, 3.63) is 29.3 Å². The predicted octanol–water partition coefficient (Wildman–Crippen LogP) is 3.22. The Balaban J connectivity index is 1.45. The molecule has 1 aliphatic carbocycles. The smallest absolute Gasteiger partial charge is 0.309 e. The van der Waals surface area contributed by atoms with E-state index in [9.17, 15) is 18.0 Å². The number of nitrogens with one attached hydrogen (secondary N) is 1. The van der Waals surface area contributed by atoms with Gasteiger partial charge in [0.1, 0.15) is 0 Å². The maximum Gasteiger partial charge on any atom is 0.309 e. The van der Waals surface area contributed by atoms with Gasteiger partial charge in [0, 0.05) is 24.2 Å². The number of hydrogen-bond donors (Lipinski definition) is 1. The van der Waals surface area contributed by atoms with E-state index in [2.05, 4.69) is 19.2 Å². The molecule has 31 heavy (non-hydrogen) atoms. The summed E-state index contributed by atoms with van der Waals surface area (Å²) in [5.74, 6) is -0.153. The Bertz CT molecular complexity index is 882. The van der Waals surface area contributed by atoms with Gasteiger partial charge >= 0.3 is 5.97 Å². The van der Waals surface area contributed by atoms with Crippen molar-refractivity contribution in [2.24, 2.45) is 17.8 Å². The zero-order chi connectivity index (χ0) is 22.6. The van der Waals surface area contributed by atoms with Crippen LogP contribution in [-0.4, -0.2) is 50.3 Å². The van der Waals surface area contributed by atoms with Gasteiger partial charge in [0.15, 0.2) is 6.61 Å². The average Bonchev–Trinajstić information content (AvgIpc) is 2.75. The first-order chi connectivity index (χ1) is 14.7. The van der Waals surface area contributed by atoms with Crippen molar-refractivity contribution in [3.63, 3.8) is 0 Å². The summed E-state index contributed by atoms with van der Waals surface area (Å²) >= 11 is 5.83. The van der Waals surface area contributed by atoms with Gasteiger partial charge in [-0.2, -0.15) is 4.31 Å². The molecule has 1 aromatic carbocycles. The van der Waals surface area contributed by atoms with Crippen LogP contribution >= 0.6 is 11.6 Å². The fraction of sp³-hybridized carbons (Fsp3) is 0.636. The molecule has 1 saturated carbocycles. The molecule has 0 bridgehead atoms. The van der Waals surface area contributed by atoms with Crippen LogP contribution in [0.5, 0.6) is 0 Å². The summed E-state index contributed by atoms with van der Waals surface area (Å²) in [5, 5.41) is 3.46. The van der Waals surface area contributed by atoms with Crippen molar-refractivity contribution >= 4 is 33.5 Å². The SMILES string of the molecule is C[C@H]1[C@@H](NC(=O)COC(=O)C2CCN(S(=O)(=O)c3ccc(Cl)cc3)CC2)CCC[C@@H]1C. The van der Waals surface area contributed by atoms with Crippen LogP contribution in [0.4, 0.5) is 0 Å². The summed E-state index contributed by atoms with van der Waals surface area (Å²) in [4.78, 5) is 24.8. The second kappa shape index (κ2) is 10.3. The van der Waals surface area contributed by atoms with Crippen LogP contribution in [0.2, 0.25) is 5.02 Å². The summed E-state index contributed by atoms with van der Waals surface area (Å²) in [6.07, 6.45) is 3.95. The number of esters is 1. The maximum absolute atomic E-state index is 12.7. The Morgan fingerprint density at radius 1 is 1.10 bits per heavy atom. The van der Waals surface area contributed by atoms with Crippen LogP contribution in [-0.2, 0) is 24.3 Å². The molecule has 2 aliphatic rings. The number of piperidine rings is 1. The quantitative estimate of drug-likeness (QED) is 0.644. The number of halogens is 1. The predicted molar refractivity (Wildman–Crippen MR) is 118 cm³/mol. The second-order valence-electron chi connectivity index (χ2n) is 8.68. The first-order valence-corrected chi connectivity index (χ1v) is 12.7. The minimum atomic E-state index is -3.62. The molecular weight excluding hydrogens is 440 g/mol. The minimum Gasteiger partial charge on any atom is -0.455 e. The average molecular weight is 471 g/mol. The first-order valence-electron chi connectivity index (χ1n) is 10.9. The third-order valence-corrected chi connectivity index (χ3v) is 8.80. The van der Waals surface area contributed by atoms with E-state index >= 15 is 0 Å². The normalized spacial score (nSPS) is 25.7. The summed E-state index contributed by atoms with van der Waals surface area (Å²) in [6, 6.07) is 6.16. The molecule has 172 valence electrons. The molecule has 0 radical (unpaired) electrons. The minimum absolute atomic E-state index is 0.122. The van der Waals surface area contributed by atoms with Crippen LogP contribution in [0, 0.1) is 17.8 Å². The second-order valence-corrected chi connectivity index (χ2v) is 11.1. The van der Waals surface area contributed by atoms with Crippen molar-refractivity contribution in [1.82, 2.24) is 9.62 Å². The number of amides is 1. The van der Waals surface area contributed by atoms with Crippen LogP contribution in [0.15, 0.2) is 29.2 Å². The van der Waals surface area contributed by atoms with E-state index in [-0.39, 0.29) is 36.5 Å². The Hall–Kier alpha value is -1.64. The lowest BCUT2D eigenvalue weighted by molar-refractivity contribution is -0.154. The Labute approximate surface area is 189 Å². The molecule has 1 amide bonds. The molecule has 0 aromatic heterocycles. The Kier molecular flexibility index (Phi) is 7.99. The third-order valence-electron chi connectivity index (χ3n) is 6.64. The lowest BCUT2D eigenvalue weighted by Crippen LogP contribution is -2.45. The van der Waals surface area contributed by atoms with E-state index in [1.165, 1.54) is 22.9 Å². The van der Waals surface area contributed by atoms with Gasteiger partial charge in [-0.3, -0.25) is 9.59 Å². The van der Waals surface area contributed by atoms with Crippen molar-refractivity contribution in [3.8, 4) is 0 Å². The number of benzene rings is 1. The highest BCUT2D eigenvalue weighted by atomic mass is 35.5. The zero-order valence-electron chi connectivity index (χ0n) is 18.1. The standard InChI is InChI=1S/C22H31ClN2O5S/c1-15-4-3-5-20(16(15)2)24-21(26)14-30-22(27)17-10-12-25(13-11-17)31(28,29)19-8-6-18(23)7-9-19/h6-9,15-17,20H,3-5,10-14H2,1-2H3,(H,24,26)/t15-,16+,20-/m0/s1. The molecule has 1 N–H and O–H groups in total. The molecule has 1 aliphatic heterocycles. The van der Waals surface area contributed by atoms with E-state index in [1.807, 2.05) is 0 Å². The largest absolute Gasteiger partial charge is 0.455 e. The number of carbonyl (C=O) groups is 2. The Morgan fingerprint density at radius 3 is 2.39 bits per heavy atom. The molecule has 1 aromatic rings. The summed E-state index contributed by atoms with van der Waals surface area (Å²) in [6.45, 7) is 4.51. The van der Waals surface area contributed by atoms with Gasteiger partial charge in [-0.15, -0.1) is 0 Å². The van der Waals surface area contributed by atoms with E-state index < -0.39 is 21.9 Å². The number of sulfonamides is 1. The lowest BCUT2D eigenvalue weighted by Gasteiger charge is -2.34. The summed E-state index contributed by atoms with van der Waals surface area (Å²) in [7, 11) is -3.62. The maximum atomic E-state index is 12.7. The van der Waals surface area contributed by atoms with Gasteiger partial charge in [0.2, 0.25) is 10.0 Å². The van der Waals surface area contributed by atoms with Gasteiger partial charge in [0.25, 0.3) is 5.91 Å². The topological polar surface area (TPSA) is 92.8 Å². The summed E-state index contributed by atoms with van der Waals surface area (Å²) in [5.41, 5.74) is 0. The number of rotatable bonds is 6. The molecule has 2 fully saturated rings.